The maximum Gasteiger partial charge on any atom is 0.163 e. The third-order valence-corrected chi connectivity index (χ3v) is 4.30. The highest BCUT2D eigenvalue weighted by Gasteiger charge is 2.30. The monoisotopic (exact) mass is 229 g/mol. The minimum absolute atomic E-state index is 0.357. The number of rotatable bonds is 1. The van der Waals surface area contributed by atoms with Gasteiger partial charge in [0.05, 0.1) is 0 Å². The summed E-state index contributed by atoms with van der Waals surface area (Å²) in [6, 6.07) is 8.13. The maximum atomic E-state index is 12.1. The molecule has 1 fully saturated rings. The number of piperidine rings is 1. The Morgan fingerprint density at radius 1 is 1.00 bits per heavy atom. The molecule has 17 heavy (non-hydrogen) atoms. The predicted molar refractivity (Wildman–Crippen MR) is 68.2 cm³/mol. The van der Waals surface area contributed by atoms with Crippen LogP contribution in [-0.4, -0.2) is 18.9 Å². The van der Waals surface area contributed by atoms with E-state index in [0.717, 1.165) is 37.4 Å². The summed E-state index contributed by atoms with van der Waals surface area (Å²) in [5, 5.41) is 3.40. The molecule has 0 aromatic heterocycles. The number of carbonyl (C=O) groups excluding carboxylic acids is 1. The van der Waals surface area contributed by atoms with Crippen LogP contribution in [0.25, 0.3) is 0 Å². The van der Waals surface area contributed by atoms with Gasteiger partial charge in [-0.2, -0.15) is 0 Å². The summed E-state index contributed by atoms with van der Waals surface area (Å²) < 4.78 is 0. The average Bonchev–Trinajstić information content (AvgIpc) is 2.40. The maximum absolute atomic E-state index is 12.1. The highest BCUT2D eigenvalue weighted by molar-refractivity contribution is 5.98. The fourth-order valence-electron chi connectivity index (χ4n) is 3.32. The van der Waals surface area contributed by atoms with Crippen LogP contribution in [-0.2, 0) is 6.42 Å². The van der Waals surface area contributed by atoms with E-state index < -0.39 is 0 Å². The topological polar surface area (TPSA) is 29.1 Å². The van der Waals surface area contributed by atoms with Gasteiger partial charge in [-0.15, -0.1) is 0 Å². The molecule has 0 bridgehead atoms. The van der Waals surface area contributed by atoms with E-state index >= 15 is 0 Å². The molecule has 1 aliphatic heterocycles. The summed E-state index contributed by atoms with van der Waals surface area (Å²) in [6.45, 7) is 2.24. The standard InChI is InChI=1S/C15H19NO/c17-15-10-13(11-5-7-16-8-6-11)9-12-3-1-2-4-14(12)15/h1-4,11,13,16H,5-10H2. The van der Waals surface area contributed by atoms with E-state index in [-0.39, 0.29) is 0 Å². The first kappa shape index (κ1) is 11.0. The van der Waals surface area contributed by atoms with Gasteiger partial charge in [0.15, 0.2) is 5.78 Å². The SMILES string of the molecule is O=C1CC(C2CCNCC2)Cc2ccccc21. The second kappa shape index (κ2) is 4.61. The van der Waals surface area contributed by atoms with E-state index in [9.17, 15) is 4.79 Å². The highest BCUT2D eigenvalue weighted by Crippen LogP contribution is 2.34. The van der Waals surface area contributed by atoms with Gasteiger partial charge in [-0.1, -0.05) is 24.3 Å². The van der Waals surface area contributed by atoms with Crippen LogP contribution in [0.3, 0.4) is 0 Å². The second-order valence-electron chi connectivity index (χ2n) is 5.34. The summed E-state index contributed by atoms with van der Waals surface area (Å²) in [5.41, 5.74) is 2.24. The fourth-order valence-corrected chi connectivity index (χ4v) is 3.32. The summed E-state index contributed by atoms with van der Waals surface area (Å²) in [4.78, 5) is 12.1. The van der Waals surface area contributed by atoms with Gasteiger partial charge in [0.1, 0.15) is 0 Å². The molecule has 1 atom stereocenters. The first-order valence-electron chi connectivity index (χ1n) is 6.66. The van der Waals surface area contributed by atoms with Crippen LogP contribution in [0.15, 0.2) is 24.3 Å². The molecule has 0 radical (unpaired) electrons. The molecule has 0 spiro atoms. The number of fused-ring (bicyclic) bond motifs is 1. The second-order valence-corrected chi connectivity index (χ2v) is 5.34. The Morgan fingerprint density at radius 2 is 1.76 bits per heavy atom. The first-order valence-corrected chi connectivity index (χ1v) is 6.66. The van der Waals surface area contributed by atoms with Gasteiger partial charge in [-0.3, -0.25) is 4.79 Å². The Hall–Kier alpha value is -1.15. The van der Waals surface area contributed by atoms with Gasteiger partial charge >= 0.3 is 0 Å². The zero-order valence-electron chi connectivity index (χ0n) is 10.1. The minimum Gasteiger partial charge on any atom is -0.317 e. The molecule has 0 amide bonds. The van der Waals surface area contributed by atoms with Gasteiger partial charge in [-0.25, -0.2) is 0 Å². The van der Waals surface area contributed by atoms with E-state index in [1.165, 1.54) is 18.4 Å². The number of nitrogens with one attached hydrogen (secondary N) is 1. The third-order valence-electron chi connectivity index (χ3n) is 4.30. The van der Waals surface area contributed by atoms with Crippen molar-refractivity contribution >= 4 is 5.78 Å². The lowest BCUT2D eigenvalue weighted by Gasteiger charge is -2.33. The van der Waals surface area contributed by atoms with Crippen molar-refractivity contribution in [2.45, 2.75) is 25.7 Å². The lowest BCUT2D eigenvalue weighted by molar-refractivity contribution is 0.0915. The summed E-state index contributed by atoms with van der Waals surface area (Å²) >= 11 is 0. The van der Waals surface area contributed by atoms with Gasteiger partial charge in [0.2, 0.25) is 0 Å². The number of carbonyl (C=O) groups is 1. The van der Waals surface area contributed by atoms with E-state index in [4.69, 9.17) is 0 Å². The Balaban J connectivity index is 1.80. The Labute approximate surface area is 102 Å². The molecule has 1 unspecified atom stereocenters. The smallest absolute Gasteiger partial charge is 0.163 e. The van der Waals surface area contributed by atoms with Crippen molar-refractivity contribution in [3.63, 3.8) is 0 Å². The normalized spacial score (nSPS) is 25.6. The molecular formula is C15H19NO. The van der Waals surface area contributed by atoms with Crippen LogP contribution >= 0.6 is 0 Å². The highest BCUT2D eigenvalue weighted by atomic mass is 16.1. The van der Waals surface area contributed by atoms with Gasteiger partial charge in [0, 0.05) is 12.0 Å². The number of hydrogen-bond donors (Lipinski definition) is 1. The fraction of sp³-hybridized carbons (Fsp3) is 0.533. The zero-order valence-corrected chi connectivity index (χ0v) is 10.1. The Kier molecular flexibility index (Phi) is 2.98. The molecule has 2 nitrogen and oxygen atoms in total. The quantitative estimate of drug-likeness (QED) is 0.801. The van der Waals surface area contributed by atoms with Crippen molar-refractivity contribution in [1.29, 1.82) is 0 Å². The third kappa shape index (κ3) is 2.14. The minimum atomic E-state index is 0.357. The lowest BCUT2D eigenvalue weighted by atomic mass is 9.73. The average molecular weight is 229 g/mol. The van der Waals surface area contributed by atoms with Crippen LogP contribution in [0, 0.1) is 11.8 Å². The van der Waals surface area contributed by atoms with Crippen molar-refractivity contribution in [3.05, 3.63) is 35.4 Å². The molecule has 1 N–H and O–H groups in total. The molecule has 90 valence electrons. The van der Waals surface area contributed by atoms with E-state index in [1.54, 1.807) is 0 Å². The molecule has 2 heteroatoms. The van der Waals surface area contributed by atoms with Crippen LogP contribution in [0.4, 0.5) is 0 Å². The molecule has 1 aromatic rings. The Bertz CT molecular complexity index is 421. The van der Waals surface area contributed by atoms with Crippen molar-refractivity contribution in [2.75, 3.05) is 13.1 Å². The molecule has 1 aromatic carbocycles. The van der Waals surface area contributed by atoms with Crippen LogP contribution < -0.4 is 5.32 Å². The van der Waals surface area contributed by atoms with Crippen molar-refractivity contribution in [1.82, 2.24) is 5.32 Å². The Morgan fingerprint density at radius 3 is 2.59 bits per heavy atom. The summed E-state index contributed by atoms with van der Waals surface area (Å²) in [5.74, 6) is 1.68. The van der Waals surface area contributed by atoms with Crippen LogP contribution in [0.5, 0.6) is 0 Å². The predicted octanol–water partition coefficient (Wildman–Crippen LogP) is 2.43. The molecule has 1 saturated heterocycles. The number of Topliss-reactive ketones (excluding diaryl/α,β-unsaturated/α-hetero) is 1. The van der Waals surface area contributed by atoms with Gasteiger partial charge in [0.25, 0.3) is 0 Å². The van der Waals surface area contributed by atoms with E-state index in [1.807, 2.05) is 12.1 Å². The van der Waals surface area contributed by atoms with Crippen molar-refractivity contribution in [2.24, 2.45) is 11.8 Å². The van der Waals surface area contributed by atoms with Crippen molar-refractivity contribution in [3.8, 4) is 0 Å². The summed E-state index contributed by atoms with van der Waals surface area (Å²) in [6.07, 6.45) is 4.34. The zero-order chi connectivity index (χ0) is 11.7. The van der Waals surface area contributed by atoms with E-state index in [0.29, 0.717) is 11.7 Å². The van der Waals surface area contributed by atoms with Crippen molar-refractivity contribution < 1.29 is 4.79 Å². The molecule has 0 saturated carbocycles. The van der Waals surface area contributed by atoms with Gasteiger partial charge in [-0.05, 0) is 49.8 Å². The van der Waals surface area contributed by atoms with Crippen LogP contribution in [0.1, 0.15) is 35.2 Å². The number of ketones is 1. The molecule has 3 rings (SSSR count). The largest absolute Gasteiger partial charge is 0.317 e. The molecular weight excluding hydrogens is 210 g/mol. The molecule has 1 heterocycles. The lowest BCUT2D eigenvalue weighted by Crippen LogP contribution is -2.35. The first-order chi connectivity index (χ1) is 8.34. The van der Waals surface area contributed by atoms with Gasteiger partial charge < -0.3 is 5.32 Å². The van der Waals surface area contributed by atoms with E-state index in [2.05, 4.69) is 17.4 Å². The number of benzene rings is 1. The van der Waals surface area contributed by atoms with Crippen LogP contribution in [0.2, 0.25) is 0 Å². The summed E-state index contributed by atoms with van der Waals surface area (Å²) in [7, 11) is 0. The molecule has 2 aliphatic rings. The molecule has 1 aliphatic carbocycles. The number of hydrogen-bond acceptors (Lipinski definition) is 2.